The van der Waals surface area contributed by atoms with Crippen LogP contribution in [0.15, 0.2) is 0 Å². The predicted molar refractivity (Wildman–Crippen MR) is 60.0 cm³/mol. The zero-order valence-electron chi connectivity index (χ0n) is 9.86. The standard InChI is InChI=1S/C11H17N3O3/c1-7(11(17)14-4-2-3-5-14)12-8-6-9(15)13-10(8)16/h7-8,12H,2-6H2,1H3,(H,13,15,16). The molecule has 0 radical (unpaired) electrons. The lowest BCUT2D eigenvalue weighted by Gasteiger charge is -2.22. The quantitative estimate of drug-likeness (QED) is 0.619. The van der Waals surface area contributed by atoms with Crippen LogP contribution in [0.3, 0.4) is 0 Å². The van der Waals surface area contributed by atoms with E-state index in [0.29, 0.717) is 0 Å². The average molecular weight is 239 g/mol. The number of hydrogen-bond donors (Lipinski definition) is 2. The molecule has 0 aromatic rings. The second-order valence-corrected chi connectivity index (χ2v) is 4.59. The molecule has 2 saturated heterocycles. The Balaban J connectivity index is 1.87. The molecule has 17 heavy (non-hydrogen) atoms. The molecule has 2 rings (SSSR count). The van der Waals surface area contributed by atoms with Crippen molar-refractivity contribution in [2.45, 2.75) is 38.3 Å². The Hall–Kier alpha value is -1.43. The van der Waals surface area contributed by atoms with Crippen molar-refractivity contribution in [3.63, 3.8) is 0 Å². The summed E-state index contributed by atoms with van der Waals surface area (Å²) < 4.78 is 0. The summed E-state index contributed by atoms with van der Waals surface area (Å²) in [6.07, 6.45) is 2.21. The highest BCUT2D eigenvalue weighted by molar-refractivity contribution is 6.05. The molecule has 94 valence electrons. The van der Waals surface area contributed by atoms with Crippen LogP contribution >= 0.6 is 0 Å². The van der Waals surface area contributed by atoms with Gasteiger partial charge in [-0.3, -0.25) is 25.0 Å². The van der Waals surface area contributed by atoms with Crippen LogP contribution in [0.2, 0.25) is 0 Å². The summed E-state index contributed by atoms with van der Waals surface area (Å²) in [4.78, 5) is 36.1. The van der Waals surface area contributed by atoms with Gasteiger partial charge in [-0.15, -0.1) is 0 Å². The molecular weight excluding hydrogens is 222 g/mol. The van der Waals surface area contributed by atoms with Crippen molar-refractivity contribution in [1.29, 1.82) is 0 Å². The van der Waals surface area contributed by atoms with Crippen LogP contribution in [0.1, 0.15) is 26.2 Å². The van der Waals surface area contributed by atoms with Gasteiger partial charge in [-0.1, -0.05) is 0 Å². The molecule has 2 N–H and O–H groups in total. The van der Waals surface area contributed by atoms with Gasteiger partial charge in [-0.2, -0.15) is 0 Å². The molecule has 2 fully saturated rings. The van der Waals surface area contributed by atoms with E-state index in [1.165, 1.54) is 0 Å². The molecule has 2 atom stereocenters. The van der Waals surface area contributed by atoms with Crippen LogP contribution < -0.4 is 10.6 Å². The Bertz CT molecular complexity index is 350. The van der Waals surface area contributed by atoms with Crippen LogP contribution in [0.25, 0.3) is 0 Å². The molecule has 0 spiro atoms. The van der Waals surface area contributed by atoms with Gasteiger partial charge in [-0.05, 0) is 19.8 Å². The average Bonchev–Trinajstić information content (AvgIpc) is 2.88. The number of carbonyl (C=O) groups excluding carboxylic acids is 3. The molecule has 0 saturated carbocycles. The molecule has 0 aliphatic carbocycles. The molecule has 3 amide bonds. The number of nitrogens with one attached hydrogen (secondary N) is 2. The summed E-state index contributed by atoms with van der Waals surface area (Å²) in [6.45, 7) is 3.32. The molecule has 0 aromatic heterocycles. The Kier molecular flexibility index (Phi) is 3.42. The molecular formula is C11H17N3O3. The smallest absolute Gasteiger partial charge is 0.244 e. The second-order valence-electron chi connectivity index (χ2n) is 4.59. The summed E-state index contributed by atoms with van der Waals surface area (Å²) >= 11 is 0. The molecule has 6 heteroatoms. The first kappa shape index (κ1) is 12.0. The van der Waals surface area contributed by atoms with Gasteiger partial charge in [0.15, 0.2) is 0 Å². The van der Waals surface area contributed by atoms with Gasteiger partial charge >= 0.3 is 0 Å². The van der Waals surface area contributed by atoms with Gasteiger partial charge in [0.25, 0.3) is 0 Å². The molecule has 2 unspecified atom stereocenters. The number of likely N-dealkylation sites (tertiary alicyclic amines) is 1. The van der Waals surface area contributed by atoms with Crippen molar-refractivity contribution in [1.82, 2.24) is 15.5 Å². The minimum Gasteiger partial charge on any atom is -0.341 e. The lowest BCUT2D eigenvalue weighted by Crippen LogP contribution is -2.49. The fraction of sp³-hybridized carbons (Fsp3) is 0.727. The predicted octanol–water partition coefficient (Wildman–Crippen LogP) is -0.998. The van der Waals surface area contributed by atoms with Crippen molar-refractivity contribution in [2.24, 2.45) is 0 Å². The van der Waals surface area contributed by atoms with E-state index in [1.54, 1.807) is 11.8 Å². The first-order chi connectivity index (χ1) is 8.08. The summed E-state index contributed by atoms with van der Waals surface area (Å²) in [6, 6.07) is -0.987. The van der Waals surface area contributed by atoms with E-state index < -0.39 is 12.1 Å². The third-order valence-corrected chi connectivity index (χ3v) is 3.21. The lowest BCUT2D eigenvalue weighted by molar-refractivity contribution is -0.132. The molecule has 6 nitrogen and oxygen atoms in total. The Morgan fingerprint density at radius 2 is 2.06 bits per heavy atom. The zero-order valence-corrected chi connectivity index (χ0v) is 9.86. The molecule has 0 aromatic carbocycles. The number of hydrogen-bond acceptors (Lipinski definition) is 4. The van der Waals surface area contributed by atoms with Gasteiger partial charge in [0.1, 0.15) is 0 Å². The normalized spacial score (nSPS) is 26.2. The number of carbonyl (C=O) groups is 3. The van der Waals surface area contributed by atoms with Crippen molar-refractivity contribution in [2.75, 3.05) is 13.1 Å². The highest BCUT2D eigenvalue weighted by Crippen LogP contribution is 2.10. The van der Waals surface area contributed by atoms with E-state index in [-0.39, 0.29) is 24.1 Å². The zero-order chi connectivity index (χ0) is 12.4. The first-order valence-corrected chi connectivity index (χ1v) is 5.96. The molecule has 2 heterocycles. The number of amides is 3. The summed E-state index contributed by atoms with van der Waals surface area (Å²) in [5.74, 6) is -0.612. The third kappa shape index (κ3) is 2.63. The van der Waals surface area contributed by atoms with Crippen molar-refractivity contribution < 1.29 is 14.4 Å². The highest BCUT2D eigenvalue weighted by Gasteiger charge is 2.33. The van der Waals surface area contributed by atoms with Crippen LogP contribution in [-0.2, 0) is 14.4 Å². The number of rotatable bonds is 3. The fourth-order valence-corrected chi connectivity index (χ4v) is 2.27. The minimum atomic E-state index is -0.566. The maximum absolute atomic E-state index is 12.0. The second kappa shape index (κ2) is 4.83. The van der Waals surface area contributed by atoms with Crippen LogP contribution in [-0.4, -0.2) is 47.8 Å². The third-order valence-electron chi connectivity index (χ3n) is 3.21. The van der Waals surface area contributed by atoms with E-state index >= 15 is 0 Å². The summed E-state index contributed by atoms with van der Waals surface area (Å²) in [5.41, 5.74) is 0. The van der Waals surface area contributed by atoms with E-state index in [4.69, 9.17) is 0 Å². The topological polar surface area (TPSA) is 78.5 Å². The Morgan fingerprint density at radius 3 is 2.59 bits per heavy atom. The summed E-state index contributed by atoms with van der Waals surface area (Å²) in [5, 5.41) is 5.13. The first-order valence-electron chi connectivity index (χ1n) is 5.96. The van der Waals surface area contributed by atoms with Crippen LogP contribution in [0.4, 0.5) is 0 Å². The molecule has 2 aliphatic rings. The Labute approximate surface area is 99.7 Å². The minimum absolute atomic E-state index is 0.00893. The largest absolute Gasteiger partial charge is 0.341 e. The summed E-state index contributed by atoms with van der Waals surface area (Å²) in [7, 11) is 0. The highest BCUT2D eigenvalue weighted by atomic mass is 16.2. The monoisotopic (exact) mass is 239 g/mol. The van der Waals surface area contributed by atoms with Gasteiger partial charge in [0.05, 0.1) is 18.5 Å². The van der Waals surface area contributed by atoms with E-state index in [1.807, 2.05) is 0 Å². The van der Waals surface area contributed by atoms with Crippen LogP contribution in [0, 0.1) is 0 Å². The van der Waals surface area contributed by atoms with Gasteiger partial charge in [-0.25, -0.2) is 0 Å². The maximum Gasteiger partial charge on any atom is 0.244 e. The maximum atomic E-state index is 12.0. The number of imide groups is 1. The van der Waals surface area contributed by atoms with E-state index in [2.05, 4.69) is 10.6 Å². The van der Waals surface area contributed by atoms with Gasteiger partial charge in [0, 0.05) is 13.1 Å². The van der Waals surface area contributed by atoms with Crippen molar-refractivity contribution in [3.8, 4) is 0 Å². The molecule has 2 aliphatic heterocycles. The van der Waals surface area contributed by atoms with Crippen molar-refractivity contribution in [3.05, 3.63) is 0 Å². The van der Waals surface area contributed by atoms with Gasteiger partial charge < -0.3 is 4.90 Å². The lowest BCUT2D eigenvalue weighted by atomic mass is 10.2. The van der Waals surface area contributed by atoms with Crippen molar-refractivity contribution >= 4 is 17.7 Å². The van der Waals surface area contributed by atoms with Gasteiger partial charge in [0.2, 0.25) is 17.7 Å². The SMILES string of the molecule is CC(NC1CC(=O)NC1=O)C(=O)N1CCCC1. The van der Waals surface area contributed by atoms with E-state index in [9.17, 15) is 14.4 Å². The van der Waals surface area contributed by atoms with Crippen LogP contribution in [0.5, 0.6) is 0 Å². The number of nitrogens with zero attached hydrogens (tertiary/aromatic N) is 1. The van der Waals surface area contributed by atoms with E-state index in [0.717, 1.165) is 25.9 Å². The Morgan fingerprint density at radius 1 is 1.41 bits per heavy atom. The fourth-order valence-electron chi connectivity index (χ4n) is 2.27. The molecule has 0 bridgehead atoms.